The van der Waals surface area contributed by atoms with E-state index < -0.39 is 6.10 Å². The summed E-state index contributed by atoms with van der Waals surface area (Å²) in [5.41, 5.74) is 1.87. The van der Waals surface area contributed by atoms with E-state index in [1.807, 2.05) is 43.1 Å². The summed E-state index contributed by atoms with van der Waals surface area (Å²) in [6.45, 7) is 2.27. The fraction of sp³-hybridized carbons (Fsp3) is 0.462. The van der Waals surface area contributed by atoms with E-state index in [0.29, 0.717) is 13.0 Å². The van der Waals surface area contributed by atoms with Crippen LogP contribution in [0.5, 0.6) is 0 Å². The third kappa shape index (κ3) is 3.75. The average molecular weight is 236 g/mol. The van der Waals surface area contributed by atoms with Gasteiger partial charge in [0, 0.05) is 19.8 Å². The predicted molar refractivity (Wildman–Crippen MR) is 69.0 cm³/mol. The Hall–Kier alpha value is -1.55. The summed E-state index contributed by atoms with van der Waals surface area (Å²) >= 11 is 0. The van der Waals surface area contributed by atoms with E-state index in [0.717, 1.165) is 11.3 Å². The van der Waals surface area contributed by atoms with Crippen molar-refractivity contribution >= 4 is 11.6 Å². The maximum atomic E-state index is 11.2. The molecule has 0 aliphatic carbocycles. The van der Waals surface area contributed by atoms with E-state index in [9.17, 15) is 9.90 Å². The van der Waals surface area contributed by atoms with Crippen molar-refractivity contribution < 1.29 is 9.90 Å². The standard InChI is InChI=1S/C13H20N2O2/c1-4-12(16)10-5-7-11(8-6-10)15(3)9-13(17)14-2/h5-8,12,16H,4,9H2,1-3H3,(H,14,17). The van der Waals surface area contributed by atoms with Crippen molar-refractivity contribution in [2.75, 3.05) is 25.5 Å². The fourth-order valence-electron chi connectivity index (χ4n) is 1.57. The third-order valence-corrected chi connectivity index (χ3v) is 2.76. The van der Waals surface area contributed by atoms with Crippen molar-refractivity contribution in [3.05, 3.63) is 29.8 Å². The third-order valence-electron chi connectivity index (χ3n) is 2.76. The highest BCUT2D eigenvalue weighted by atomic mass is 16.3. The summed E-state index contributed by atoms with van der Waals surface area (Å²) < 4.78 is 0. The number of carbonyl (C=O) groups excluding carboxylic acids is 1. The summed E-state index contributed by atoms with van der Waals surface area (Å²) in [4.78, 5) is 13.1. The molecule has 0 aromatic heterocycles. The van der Waals surface area contributed by atoms with E-state index in [2.05, 4.69) is 5.32 Å². The Morgan fingerprint density at radius 3 is 2.47 bits per heavy atom. The maximum Gasteiger partial charge on any atom is 0.239 e. The summed E-state index contributed by atoms with van der Waals surface area (Å²) in [5, 5.41) is 12.2. The number of benzene rings is 1. The van der Waals surface area contributed by atoms with Gasteiger partial charge in [-0.05, 0) is 24.1 Å². The lowest BCUT2D eigenvalue weighted by Gasteiger charge is -2.19. The van der Waals surface area contributed by atoms with Gasteiger partial charge in [0.05, 0.1) is 12.6 Å². The van der Waals surface area contributed by atoms with Gasteiger partial charge in [0.2, 0.25) is 5.91 Å². The zero-order valence-corrected chi connectivity index (χ0v) is 10.6. The van der Waals surface area contributed by atoms with E-state index in [-0.39, 0.29) is 5.91 Å². The molecule has 2 N–H and O–H groups in total. The lowest BCUT2D eigenvalue weighted by molar-refractivity contribution is -0.119. The van der Waals surface area contributed by atoms with Gasteiger partial charge in [-0.1, -0.05) is 19.1 Å². The van der Waals surface area contributed by atoms with Crippen LogP contribution >= 0.6 is 0 Å². The van der Waals surface area contributed by atoms with Crippen molar-refractivity contribution in [3.8, 4) is 0 Å². The maximum absolute atomic E-state index is 11.2. The number of carbonyl (C=O) groups is 1. The lowest BCUT2D eigenvalue weighted by Crippen LogP contribution is -2.32. The number of rotatable bonds is 5. The second-order valence-electron chi connectivity index (χ2n) is 4.04. The molecule has 1 rings (SSSR count). The second-order valence-corrected chi connectivity index (χ2v) is 4.04. The van der Waals surface area contributed by atoms with E-state index in [1.54, 1.807) is 7.05 Å². The van der Waals surface area contributed by atoms with Crippen LogP contribution in [0.25, 0.3) is 0 Å². The second kappa shape index (κ2) is 6.25. The first-order chi connectivity index (χ1) is 8.08. The number of aliphatic hydroxyl groups is 1. The molecule has 0 saturated carbocycles. The molecule has 0 spiro atoms. The first kappa shape index (κ1) is 13.5. The topological polar surface area (TPSA) is 52.6 Å². The largest absolute Gasteiger partial charge is 0.388 e. The van der Waals surface area contributed by atoms with Crippen molar-refractivity contribution in [3.63, 3.8) is 0 Å². The Bertz CT molecular complexity index is 362. The number of nitrogens with zero attached hydrogens (tertiary/aromatic N) is 1. The van der Waals surface area contributed by atoms with Gasteiger partial charge in [0.25, 0.3) is 0 Å². The molecule has 0 bridgehead atoms. The van der Waals surface area contributed by atoms with Crippen molar-refractivity contribution in [2.45, 2.75) is 19.4 Å². The Balaban J connectivity index is 2.70. The van der Waals surface area contributed by atoms with Gasteiger partial charge in [-0.15, -0.1) is 0 Å². The molecule has 0 saturated heterocycles. The lowest BCUT2D eigenvalue weighted by atomic mass is 10.1. The zero-order chi connectivity index (χ0) is 12.8. The van der Waals surface area contributed by atoms with Crippen molar-refractivity contribution in [2.24, 2.45) is 0 Å². The summed E-state index contributed by atoms with van der Waals surface area (Å²) in [6, 6.07) is 7.61. The van der Waals surface area contributed by atoms with Crippen LogP contribution in [-0.4, -0.2) is 31.7 Å². The van der Waals surface area contributed by atoms with E-state index in [1.165, 1.54) is 0 Å². The molecule has 4 heteroatoms. The highest BCUT2D eigenvalue weighted by molar-refractivity contribution is 5.80. The van der Waals surface area contributed by atoms with Crippen LogP contribution in [0.15, 0.2) is 24.3 Å². The zero-order valence-electron chi connectivity index (χ0n) is 10.6. The Labute approximate surface area is 102 Å². The highest BCUT2D eigenvalue weighted by Crippen LogP contribution is 2.20. The van der Waals surface area contributed by atoms with Crippen LogP contribution < -0.4 is 10.2 Å². The molecule has 4 nitrogen and oxygen atoms in total. The number of hydrogen-bond donors (Lipinski definition) is 2. The number of nitrogens with one attached hydrogen (secondary N) is 1. The number of hydrogen-bond acceptors (Lipinski definition) is 3. The average Bonchev–Trinajstić information content (AvgIpc) is 2.37. The molecule has 0 aliphatic rings. The van der Waals surface area contributed by atoms with Crippen LogP contribution in [0.2, 0.25) is 0 Å². The molecular formula is C13H20N2O2. The molecule has 1 aromatic rings. The summed E-state index contributed by atoms with van der Waals surface area (Å²) in [5.74, 6) is -0.0230. The number of likely N-dealkylation sites (N-methyl/N-ethyl adjacent to an activating group) is 2. The molecule has 0 radical (unpaired) electrons. The van der Waals surface area contributed by atoms with Crippen molar-refractivity contribution in [1.29, 1.82) is 0 Å². The fourth-order valence-corrected chi connectivity index (χ4v) is 1.57. The minimum Gasteiger partial charge on any atom is -0.388 e. The van der Waals surface area contributed by atoms with E-state index in [4.69, 9.17) is 0 Å². The number of anilines is 1. The summed E-state index contributed by atoms with van der Waals surface area (Å²) in [6.07, 6.45) is 0.293. The smallest absolute Gasteiger partial charge is 0.239 e. The quantitative estimate of drug-likeness (QED) is 0.810. The number of amides is 1. The SMILES string of the molecule is CCC(O)c1ccc(N(C)CC(=O)NC)cc1. The minimum atomic E-state index is -0.409. The first-order valence-electron chi connectivity index (χ1n) is 5.78. The molecule has 1 amide bonds. The van der Waals surface area contributed by atoms with Gasteiger partial charge >= 0.3 is 0 Å². The van der Waals surface area contributed by atoms with Gasteiger partial charge in [0.15, 0.2) is 0 Å². The molecule has 1 atom stereocenters. The highest BCUT2D eigenvalue weighted by Gasteiger charge is 2.08. The van der Waals surface area contributed by atoms with Crippen LogP contribution in [0, 0.1) is 0 Å². The monoisotopic (exact) mass is 236 g/mol. The van der Waals surface area contributed by atoms with Gasteiger partial charge in [-0.25, -0.2) is 0 Å². The normalized spacial score (nSPS) is 12.0. The van der Waals surface area contributed by atoms with Gasteiger partial charge in [0.1, 0.15) is 0 Å². The predicted octanol–water partition coefficient (Wildman–Crippen LogP) is 1.31. The van der Waals surface area contributed by atoms with Crippen molar-refractivity contribution in [1.82, 2.24) is 5.32 Å². The van der Waals surface area contributed by atoms with Crippen LogP contribution in [0.3, 0.4) is 0 Å². The molecule has 0 aliphatic heterocycles. The molecule has 94 valence electrons. The van der Waals surface area contributed by atoms with Crippen LogP contribution in [-0.2, 0) is 4.79 Å². The van der Waals surface area contributed by atoms with Crippen LogP contribution in [0.4, 0.5) is 5.69 Å². The van der Waals surface area contributed by atoms with E-state index >= 15 is 0 Å². The number of aliphatic hydroxyl groups excluding tert-OH is 1. The molecular weight excluding hydrogens is 216 g/mol. The molecule has 17 heavy (non-hydrogen) atoms. The molecule has 1 unspecified atom stereocenters. The van der Waals surface area contributed by atoms with Crippen LogP contribution in [0.1, 0.15) is 25.0 Å². The van der Waals surface area contributed by atoms with Gasteiger partial charge in [-0.2, -0.15) is 0 Å². The molecule has 0 heterocycles. The molecule has 0 fully saturated rings. The minimum absolute atomic E-state index is 0.0230. The molecule has 1 aromatic carbocycles. The Morgan fingerprint density at radius 2 is 2.00 bits per heavy atom. The Morgan fingerprint density at radius 1 is 1.41 bits per heavy atom. The first-order valence-corrected chi connectivity index (χ1v) is 5.78. The Kier molecular flexibility index (Phi) is 4.97. The van der Waals surface area contributed by atoms with Gasteiger partial charge < -0.3 is 15.3 Å². The summed E-state index contributed by atoms with van der Waals surface area (Å²) in [7, 11) is 3.48. The van der Waals surface area contributed by atoms with Gasteiger partial charge in [-0.3, -0.25) is 4.79 Å².